The first kappa shape index (κ1) is 15.9. The Morgan fingerprint density at radius 3 is 1.32 bits per heavy atom. The quantitative estimate of drug-likeness (QED) is 0.473. The van der Waals surface area contributed by atoms with Crippen molar-refractivity contribution in [1.82, 2.24) is 30.6 Å². The number of aromatic nitrogens is 6. The molecule has 97 valence electrons. The van der Waals surface area contributed by atoms with E-state index in [1.165, 1.54) is 24.4 Å². The van der Waals surface area contributed by atoms with Gasteiger partial charge in [-0.3, -0.25) is 15.3 Å². The van der Waals surface area contributed by atoms with Crippen molar-refractivity contribution in [1.29, 1.82) is 0 Å². The summed E-state index contributed by atoms with van der Waals surface area (Å²) < 4.78 is 2.14. The first-order chi connectivity index (χ1) is 8.95. The SMILES string of the molecule is Cl.[CH3][Hf].c1cc(B(c2cc[nH]n2)c2cc[nH]n2)n[nH]1. The third-order valence-corrected chi connectivity index (χ3v) is 2.45. The standard InChI is InChI=1S/C9H9BN6.CH3.ClH.Hf/c1-4-11-14-7(1)10(8-2-5-12-15-8)9-3-6-13-16-9;;;/h1-6H,(H,11,14)(H,12,15)(H,13,16);1H3;1H;. The van der Waals surface area contributed by atoms with E-state index in [4.69, 9.17) is 0 Å². The van der Waals surface area contributed by atoms with E-state index in [1.807, 2.05) is 18.2 Å². The van der Waals surface area contributed by atoms with E-state index in [2.05, 4.69) is 35.3 Å². The van der Waals surface area contributed by atoms with Gasteiger partial charge in [-0.05, 0) is 18.2 Å². The van der Waals surface area contributed by atoms with Crippen LogP contribution in [0.2, 0.25) is 4.68 Å². The topological polar surface area (TPSA) is 86.0 Å². The maximum atomic E-state index is 4.20. The predicted octanol–water partition coefficient (Wildman–Crippen LogP) is -0.625. The van der Waals surface area contributed by atoms with Crippen LogP contribution in [0.5, 0.6) is 0 Å². The summed E-state index contributed by atoms with van der Waals surface area (Å²) in [7, 11) is 0. The summed E-state index contributed by atoms with van der Waals surface area (Å²) in [6, 6.07) is 5.77. The second-order valence-corrected chi connectivity index (χ2v) is 3.43. The summed E-state index contributed by atoms with van der Waals surface area (Å²) in [5.74, 6) is 0. The molecular weight excluding hydrogens is 429 g/mol. The molecule has 3 heterocycles. The van der Waals surface area contributed by atoms with Gasteiger partial charge in [-0.15, -0.1) is 12.4 Å². The zero-order valence-electron chi connectivity index (χ0n) is 10.3. The van der Waals surface area contributed by atoms with Crippen molar-refractivity contribution >= 4 is 35.9 Å². The van der Waals surface area contributed by atoms with Gasteiger partial charge in [0.2, 0.25) is 0 Å². The summed E-state index contributed by atoms with van der Waals surface area (Å²) in [5.41, 5.74) is 2.71. The molecule has 6 nitrogen and oxygen atoms in total. The van der Waals surface area contributed by atoms with Crippen molar-refractivity contribution in [3.63, 3.8) is 0 Å². The van der Waals surface area contributed by atoms with Gasteiger partial charge in [0.05, 0.1) is 0 Å². The maximum Gasteiger partial charge on any atom is 0.317 e. The largest absolute Gasteiger partial charge is 0.317 e. The van der Waals surface area contributed by atoms with Crippen LogP contribution < -0.4 is 16.8 Å². The molecule has 3 aromatic rings. The minimum atomic E-state index is -0.0382. The average molecular weight is 442 g/mol. The second kappa shape index (κ2) is 8.11. The third-order valence-electron chi connectivity index (χ3n) is 2.45. The minimum absolute atomic E-state index is 0. The Morgan fingerprint density at radius 2 is 1.11 bits per heavy atom. The van der Waals surface area contributed by atoms with E-state index in [0.29, 0.717) is 0 Å². The summed E-state index contributed by atoms with van der Waals surface area (Å²) >= 11 is 1.31. The van der Waals surface area contributed by atoms with Gasteiger partial charge in [0.25, 0.3) is 0 Å². The first-order valence-electron chi connectivity index (χ1n) is 5.44. The molecule has 0 aliphatic rings. The molecular formula is C10H13BClHfN6. The number of hydrogen-bond acceptors (Lipinski definition) is 3. The van der Waals surface area contributed by atoms with Gasteiger partial charge >= 0.3 is 35.8 Å². The number of hydrogen-bond donors (Lipinski definition) is 3. The number of H-pyrrole nitrogens is 3. The van der Waals surface area contributed by atoms with Crippen LogP contribution in [0.25, 0.3) is 0 Å². The molecule has 0 aliphatic heterocycles. The number of nitrogens with zero attached hydrogens (tertiary/aromatic N) is 3. The van der Waals surface area contributed by atoms with E-state index in [1.54, 1.807) is 18.6 Å². The number of halogens is 1. The van der Waals surface area contributed by atoms with Gasteiger partial charge in [0.15, 0.2) is 0 Å². The van der Waals surface area contributed by atoms with Gasteiger partial charge in [-0.25, -0.2) is 0 Å². The Bertz CT molecular complexity index is 457. The monoisotopic (exact) mass is 443 g/mol. The molecule has 0 aromatic carbocycles. The Morgan fingerprint density at radius 1 is 0.789 bits per heavy atom. The van der Waals surface area contributed by atoms with Gasteiger partial charge in [0, 0.05) is 35.4 Å². The van der Waals surface area contributed by atoms with Crippen LogP contribution >= 0.6 is 12.4 Å². The Labute approximate surface area is 132 Å². The summed E-state index contributed by atoms with van der Waals surface area (Å²) in [6.45, 7) is -0.0382. The van der Waals surface area contributed by atoms with Gasteiger partial charge < -0.3 is 0 Å². The smallest absolute Gasteiger partial charge is 0.286 e. The van der Waals surface area contributed by atoms with E-state index < -0.39 is 0 Å². The van der Waals surface area contributed by atoms with Crippen LogP contribution in [0.3, 0.4) is 0 Å². The molecule has 0 saturated carbocycles. The van der Waals surface area contributed by atoms with Gasteiger partial charge in [-0.2, -0.15) is 15.3 Å². The van der Waals surface area contributed by atoms with Crippen molar-refractivity contribution in [2.45, 2.75) is 4.68 Å². The average Bonchev–Trinajstić information content (AvgIpc) is 3.17. The van der Waals surface area contributed by atoms with Crippen LogP contribution in [-0.2, 0) is 24.4 Å². The molecule has 9 heteroatoms. The first-order valence-corrected chi connectivity index (χ1v) is 9.03. The second-order valence-electron chi connectivity index (χ2n) is 3.43. The van der Waals surface area contributed by atoms with E-state index in [9.17, 15) is 0 Å². The van der Waals surface area contributed by atoms with Crippen LogP contribution in [-0.4, -0.2) is 37.3 Å². The summed E-state index contributed by atoms with van der Waals surface area (Å²) in [4.78, 5) is 0. The predicted molar refractivity (Wildman–Crippen MR) is 73.5 cm³/mol. The molecule has 19 heavy (non-hydrogen) atoms. The molecule has 0 amide bonds. The fourth-order valence-corrected chi connectivity index (χ4v) is 1.75. The minimum Gasteiger partial charge on any atom is -0.286 e. The molecule has 0 atom stereocenters. The molecule has 3 aromatic heterocycles. The molecule has 3 N–H and O–H groups in total. The Hall–Kier alpha value is -1.14. The zero-order chi connectivity index (χ0) is 12.8. The number of aromatic amines is 3. The fraction of sp³-hybridized carbons (Fsp3) is 0.100. The van der Waals surface area contributed by atoms with Gasteiger partial charge in [0.1, 0.15) is 0 Å². The molecule has 0 spiro atoms. The van der Waals surface area contributed by atoms with Crippen LogP contribution in [0, 0.1) is 0 Å². The summed E-state index contributed by atoms with van der Waals surface area (Å²) in [6.07, 6.45) is 5.38. The van der Waals surface area contributed by atoms with Gasteiger partial charge in [-0.1, -0.05) is 0 Å². The molecule has 0 bridgehead atoms. The van der Waals surface area contributed by atoms with Crippen LogP contribution in [0.1, 0.15) is 0 Å². The molecule has 3 rings (SSSR count). The number of rotatable bonds is 3. The molecule has 0 fully saturated rings. The molecule has 0 unspecified atom stereocenters. The Balaban J connectivity index is 0.000000576. The fourth-order valence-electron chi connectivity index (χ4n) is 1.75. The van der Waals surface area contributed by atoms with Crippen LogP contribution in [0.15, 0.2) is 36.8 Å². The summed E-state index contributed by atoms with van der Waals surface area (Å²) in [5, 5.41) is 21.0. The normalized spacial score (nSPS) is 9.05. The van der Waals surface area contributed by atoms with Crippen molar-refractivity contribution in [2.75, 3.05) is 0 Å². The Kier molecular flexibility index (Phi) is 6.79. The van der Waals surface area contributed by atoms with Crippen molar-refractivity contribution < 1.29 is 24.4 Å². The number of nitrogens with one attached hydrogen (secondary N) is 3. The zero-order valence-corrected chi connectivity index (χ0v) is 14.7. The third kappa shape index (κ3) is 3.67. The molecule has 0 saturated heterocycles. The molecule has 0 aliphatic carbocycles. The van der Waals surface area contributed by atoms with Crippen molar-refractivity contribution in [3.8, 4) is 0 Å². The van der Waals surface area contributed by atoms with Crippen molar-refractivity contribution in [3.05, 3.63) is 36.8 Å². The van der Waals surface area contributed by atoms with Crippen molar-refractivity contribution in [2.24, 2.45) is 0 Å². The van der Waals surface area contributed by atoms with Crippen LogP contribution in [0.4, 0.5) is 0 Å². The van der Waals surface area contributed by atoms with E-state index >= 15 is 0 Å². The molecule has 0 radical (unpaired) electrons. The van der Waals surface area contributed by atoms with E-state index in [0.717, 1.165) is 16.8 Å². The maximum absolute atomic E-state index is 4.20. The van der Waals surface area contributed by atoms with E-state index in [-0.39, 0.29) is 19.1 Å².